The molecule has 7 heteroatoms. The Balaban J connectivity index is 1.37. The van der Waals surface area contributed by atoms with Gasteiger partial charge in [-0.2, -0.15) is 5.10 Å². The van der Waals surface area contributed by atoms with E-state index in [0.717, 1.165) is 29.2 Å². The lowest BCUT2D eigenvalue weighted by molar-refractivity contribution is -0.122. The summed E-state index contributed by atoms with van der Waals surface area (Å²) in [6.45, 7) is 2.77. The number of ether oxygens (including phenoxy) is 1. The van der Waals surface area contributed by atoms with Crippen molar-refractivity contribution in [3.8, 4) is 5.75 Å². The minimum atomic E-state index is -0.0171. The molecule has 25 heavy (non-hydrogen) atoms. The van der Waals surface area contributed by atoms with Crippen LogP contribution in [0.4, 0.5) is 0 Å². The predicted octanol–water partition coefficient (Wildman–Crippen LogP) is 1.24. The van der Waals surface area contributed by atoms with Crippen LogP contribution in [0.15, 0.2) is 48.8 Å². The van der Waals surface area contributed by atoms with Crippen molar-refractivity contribution in [2.45, 2.75) is 13.1 Å². The van der Waals surface area contributed by atoms with Gasteiger partial charge in [0.2, 0.25) is 5.91 Å². The van der Waals surface area contributed by atoms with Gasteiger partial charge in [0.25, 0.3) is 0 Å². The number of fused-ring (bicyclic) bond motifs is 2. The zero-order valence-electron chi connectivity index (χ0n) is 13.8. The normalized spacial score (nSPS) is 14.6. The lowest BCUT2D eigenvalue weighted by atomic mass is 10.2. The fraction of sp³-hybridized carbons (Fsp3) is 0.278. The molecule has 0 unspecified atom stereocenters. The van der Waals surface area contributed by atoms with Gasteiger partial charge in [0, 0.05) is 18.7 Å². The third-order valence-corrected chi connectivity index (χ3v) is 4.25. The lowest BCUT2D eigenvalue weighted by Gasteiger charge is -2.18. The number of amides is 1. The Morgan fingerprint density at radius 2 is 2.12 bits per heavy atom. The molecule has 3 aromatic rings. The maximum Gasteiger partial charge on any atom is 0.234 e. The van der Waals surface area contributed by atoms with E-state index in [1.165, 1.54) is 6.33 Å². The monoisotopic (exact) mass is 337 g/mol. The Morgan fingerprint density at radius 1 is 1.20 bits per heavy atom. The van der Waals surface area contributed by atoms with E-state index in [-0.39, 0.29) is 5.91 Å². The van der Waals surface area contributed by atoms with Crippen LogP contribution in [-0.2, 0) is 17.9 Å². The molecular formula is C18H19N5O2. The van der Waals surface area contributed by atoms with Crippen LogP contribution in [0.25, 0.3) is 5.65 Å². The van der Waals surface area contributed by atoms with E-state index in [1.54, 1.807) is 4.52 Å². The average Bonchev–Trinajstić information content (AvgIpc) is 3.01. The summed E-state index contributed by atoms with van der Waals surface area (Å²) < 4.78 is 7.47. The topological polar surface area (TPSA) is 71.8 Å². The Bertz CT molecular complexity index is 892. The molecule has 0 aliphatic carbocycles. The Kier molecular flexibility index (Phi) is 4.30. The minimum absolute atomic E-state index is 0.0171. The van der Waals surface area contributed by atoms with Gasteiger partial charge in [-0.25, -0.2) is 9.50 Å². The molecule has 0 saturated carbocycles. The highest BCUT2D eigenvalue weighted by molar-refractivity contribution is 5.78. The van der Waals surface area contributed by atoms with E-state index in [4.69, 9.17) is 4.74 Å². The number of hydrogen-bond acceptors (Lipinski definition) is 5. The summed E-state index contributed by atoms with van der Waals surface area (Å²) >= 11 is 0. The van der Waals surface area contributed by atoms with E-state index >= 15 is 0 Å². The number of pyridine rings is 1. The number of hydrogen-bond donors (Lipinski definition) is 1. The van der Waals surface area contributed by atoms with Gasteiger partial charge in [-0.15, -0.1) is 0 Å². The summed E-state index contributed by atoms with van der Waals surface area (Å²) in [6.07, 6.45) is 1.51. The fourth-order valence-corrected chi connectivity index (χ4v) is 3.00. The van der Waals surface area contributed by atoms with Crippen LogP contribution in [0, 0.1) is 0 Å². The number of nitrogens with one attached hydrogen (secondary N) is 1. The van der Waals surface area contributed by atoms with Gasteiger partial charge in [-0.05, 0) is 18.2 Å². The molecule has 1 N–H and O–H groups in total. The van der Waals surface area contributed by atoms with Crippen LogP contribution >= 0.6 is 0 Å². The van der Waals surface area contributed by atoms with E-state index in [1.807, 2.05) is 42.5 Å². The molecule has 0 spiro atoms. The standard InChI is InChI=1S/C18H19N5O2/c24-18(19-10-15-5-3-7-17-20-13-21-23(15)17)12-22-8-9-25-16-6-2-1-4-14(16)11-22/h1-7,13H,8-12H2,(H,19,24). The molecule has 1 aliphatic rings. The molecule has 0 bridgehead atoms. The van der Waals surface area contributed by atoms with Crippen molar-refractivity contribution < 1.29 is 9.53 Å². The van der Waals surface area contributed by atoms with Gasteiger partial charge in [0.05, 0.1) is 18.8 Å². The molecule has 1 amide bonds. The maximum absolute atomic E-state index is 12.3. The number of nitrogens with zero attached hydrogens (tertiary/aromatic N) is 4. The smallest absolute Gasteiger partial charge is 0.234 e. The third-order valence-electron chi connectivity index (χ3n) is 4.25. The molecule has 3 heterocycles. The van der Waals surface area contributed by atoms with E-state index < -0.39 is 0 Å². The highest BCUT2D eigenvalue weighted by atomic mass is 16.5. The SMILES string of the molecule is O=C(CN1CCOc2ccccc2C1)NCc1cccc2ncnn12. The van der Waals surface area contributed by atoms with Crippen molar-refractivity contribution in [1.29, 1.82) is 0 Å². The molecule has 1 aromatic carbocycles. The second-order valence-electron chi connectivity index (χ2n) is 5.99. The van der Waals surface area contributed by atoms with Crippen molar-refractivity contribution in [1.82, 2.24) is 24.8 Å². The van der Waals surface area contributed by atoms with Crippen molar-refractivity contribution in [2.75, 3.05) is 19.7 Å². The Morgan fingerprint density at radius 3 is 3.08 bits per heavy atom. The summed E-state index contributed by atoms with van der Waals surface area (Å²) in [5, 5.41) is 7.14. The number of para-hydroxylation sites is 1. The number of carbonyl (C=O) groups is 1. The van der Waals surface area contributed by atoms with E-state index in [0.29, 0.717) is 26.2 Å². The van der Waals surface area contributed by atoms with Crippen LogP contribution in [-0.4, -0.2) is 45.1 Å². The van der Waals surface area contributed by atoms with Gasteiger partial charge in [-0.1, -0.05) is 24.3 Å². The maximum atomic E-state index is 12.3. The largest absolute Gasteiger partial charge is 0.492 e. The molecule has 0 saturated heterocycles. The first kappa shape index (κ1) is 15.6. The van der Waals surface area contributed by atoms with Gasteiger partial charge in [-0.3, -0.25) is 9.69 Å². The lowest BCUT2D eigenvalue weighted by Crippen LogP contribution is -2.37. The summed E-state index contributed by atoms with van der Waals surface area (Å²) in [4.78, 5) is 18.6. The quantitative estimate of drug-likeness (QED) is 0.775. The summed E-state index contributed by atoms with van der Waals surface area (Å²) in [7, 11) is 0. The second kappa shape index (κ2) is 6.90. The summed E-state index contributed by atoms with van der Waals surface area (Å²) in [5.41, 5.74) is 2.78. The molecule has 0 radical (unpaired) electrons. The molecule has 2 aromatic heterocycles. The van der Waals surface area contributed by atoms with E-state index in [9.17, 15) is 4.79 Å². The first-order valence-electron chi connectivity index (χ1n) is 8.27. The molecule has 0 fully saturated rings. The van der Waals surface area contributed by atoms with Crippen molar-refractivity contribution in [2.24, 2.45) is 0 Å². The molecule has 1 aliphatic heterocycles. The number of rotatable bonds is 4. The van der Waals surface area contributed by atoms with Crippen LogP contribution in [0.5, 0.6) is 5.75 Å². The Labute approximate surface area is 145 Å². The van der Waals surface area contributed by atoms with Crippen molar-refractivity contribution in [3.05, 3.63) is 60.0 Å². The van der Waals surface area contributed by atoms with Crippen LogP contribution < -0.4 is 10.1 Å². The fourth-order valence-electron chi connectivity index (χ4n) is 3.00. The average molecular weight is 337 g/mol. The van der Waals surface area contributed by atoms with Gasteiger partial charge >= 0.3 is 0 Å². The third kappa shape index (κ3) is 3.46. The molecule has 7 nitrogen and oxygen atoms in total. The minimum Gasteiger partial charge on any atom is -0.492 e. The highest BCUT2D eigenvalue weighted by Gasteiger charge is 2.17. The summed E-state index contributed by atoms with van der Waals surface area (Å²) in [5.74, 6) is 0.889. The van der Waals surface area contributed by atoms with E-state index in [2.05, 4.69) is 20.3 Å². The van der Waals surface area contributed by atoms with Crippen molar-refractivity contribution >= 4 is 11.6 Å². The van der Waals surface area contributed by atoms with Gasteiger partial charge in [0.1, 0.15) is 18.7 Å². The van der Waals surface area contributed by atoms with Gasteiger partial charge in [0.15, 0.2) is 5.65 Å². The summed E-state index contributed by atoms with van der Waals surface area (Å²) in [6, 6.07) is 13.7. The second-order valence-corrected chi connectivity index (χ2v) is 5.99. The first-order chi connectivity index (χ1) is 12.3. The highest BCUT2D eigenvalue weighted by Crippen LogP contribution is 2.22. The van der Waals surface area contributed by atoms with Gasteiger partial charge < -0.3 is 10.1 Å². The number of aromatic nitrogens is 3. The molecule has 4 rings (SSSR count). The first-order valence-corrected chi connectivity index (χ1v) is 8.27. The predicted molar refractivity (Wildman–Crippen MR) is 92.0 cm³/mol. The number of benzene rings is 1. The molecular weight excluding hydrogens is 318 g/mol. The van der Waals surface area contributed by atoms with Crippen LogP contribution in [0.3, 0.4) is 0 Å². The zero-order chi connectivity index (χ0) is 17.1. The van der Waals surface area contributed by atoms with Crippen LogP contribution in [0.2, 0.25) is 0 Å². The van der Waals surface area contributed by atoms with Crippen LogP contribution in [0.1, 0.15) is 11.3 Å². The molecule has 128 valence electrons. The number of carbonyl (C=O) groups excluding carboxylic acids is 1. The zero-order valence-corrected chi connectivity index (χ0v) is 13.8. The Hall–Kier alpha value is -2.93. The molecule has 0 atom stereocenters. The van der Waals surface area contributed by atoms with Crippen molar-refractivity contribution in [3.63, 3.8) is 0 Å².